The molecule has 0 aromatic heterocycles. The fourth-order valence-corrected chi connectivity index (χ4v) is 9.15. The maximum atomic E-state index is 2.55. The van der Waals surface area contributed by atoms with Gasteiger partial charge in [-0.15, -0.1) is 7.92 Å². The molecule has 2 heteroatoms. The molecule has 0 saturated heterocycles. The third kappa shape index (κ3) is 6.37. The van der Waals surface area contributed by atoms with Crippen molar-refractivity contribution in [1.82, 2.24) is 0 Å². The van der Waals surface area contributed by atoms with Crippen molar-refractivity contribution in [2.45, 2.75) is 88.1 Å². The van der Waals surface area contributed by atoms with E-state index in [0.717, 1.165) is 17.0 Å². The van der Waals surface area contributed by atoms with E-state index in [0.29, 0.717) is 0 Å². The van der Waals surface area contributed by atoms with Crippen LogP contribution in [0.1, 0.15) is 82.4 Å². The zero-order valence-corrected chi connectivity index (χ0v) is 18.3. The van der Waals surface area contributed by atoms with Crippen LogP contribution >= 0.6 is 7.92 Å². The standard InChI is InChI=1S/C19H30P.C5H5.Fe/c1-16(17-10-8-9-11-17)20(18-12-4-2-5-13-18)19-14-6-3-7-15-19;1-2-4-5-3-1;/h8-11,16,18-19H,2-7,12-15H2,1H3;1-5H;/q-1;-5;. The molecule has 0 spiro atoms. The van der Waals surface area contributed by atoms with E-state index in [2.05, 4.69) is 31.2 Å². The quantitative estimate of drug-likeness (QED) is 0.272. The summed E-state index contributed by atoms with van der Waals surface area (Å²) in [6.07, 6.45) is 15.1. The Hall–Kier alpha value is -0.351. The number of rotatable bonds is 4. The van der Waals surface area contributed by atoms with Crippen molar-refractivity contribution in [2.24, 2.45) is 0 Å². The Morgan fingerprint density at radius 3 is 1.50 bits per heavy atom. The Morgan fingerprint density at radius 1 is 0.731 bits per heavy atom. The summed E-state index contributed by atoms with van der Waals surface area (Å²) in [5.41, 5.74) is 4.62. The first-order valence-corrected chi connectivity index (χ1v) is 12.1. The van der Waals surface area contributed by atoms with E-state index in [1.54, 1.807) is 5.56 Å². The zero-order chi connectivity index (χ0) is 17.3. The van der Waals surface area contributed by atoms with Gasteiger partial charge in [0.2, 0.25) is 0 Å². The molecule has 0 bridgehead atoms. The van der Waals surface area contributed by atoms with Crippen LogP contribution < -0.4 is 0 Å². The molecule has 2 aromatic rings. The van der Waals surface area contributed by atoms with Crippen LogP contribution in [-0.4, -0.2) is 11.3 Å². The molecule has 4 rings (SSSR count). The third-order valence-electron chi connectivity index (χ3n) is 6.17. The van der Waals surface area contributed by atoms with E-state index in [9.17, 15) is 0 Å². The summed E-state index contributed by atoms with van der Waals surface area (Å²) in [6, 6.07) is 19.2. The van der Waals surface area contributed by atoms with Crippen molar-refractivity contribution in [1.29, 1.82) is 0 Å². The molecule has 150 valence electrons. The molecule has 0 amide bonds. The van der Waals surface area contributed by atoms with Gasteiger partial charge in [-0.3, -0.25) is 0 Å². The van der Waals surface area contributed by atoms with Crippen LogP contribution in [-0.2, 0) is 17.1 Å². The van der Waals surface area contributed by atoms with Crippen LogP contribution in [0.25, 0.3) is 0 Å². The summed E-state index contributed by atoms with van der Waals surface area (Å²) in [6.45, 7) is 2.55. The van der Waals surface area contributed by atoms with Crippen LogP contribution in [0.4, 0.5) is 0 Å². The SMILES string of the molecule is CC([c-]1cccc1)P(C1CCCCC1)C1CCCCC1.[Fe].[cH-]1[cH-][cH-][cH-][cH-]1. The van der Waals surface area contributed by atoms with Gasteiger partial charge < -0.3 is 30.3 Å². The number of hydrogen-bond donors (Lipinski definition) is 0. The van der Waals surface area contributed by atoms with Crippen molar-refractivity contribution < 1.29 is 17.1 Å². The molecule has 0 radical (unpaired) electrons. The molecular formula is C24H35FeP-6. The van der Waals surface area contributed by atoms with Crippen molar-refractivity contribution >= 4 is 7.92 Å². The molecule has 0 heterocycles. The molecule has 2 aromatic carbocycles. The van der Waals surface area contributed by atoms with Crippen LogP contribution in [0.5, 0.6) is 0 Å². The first-order chi connectivity index (χ1) is 12.4. The summed E-state index contributed by atoms with van der Waals surface area (Å²) in [5.74, 6) is 0. The first-order valence-electron chi connectivity index (χ1n) is 10.5. The topological polar surface area (TPSA) is 0 Å². The van der Waals surface area contributed by atoms with Gasteiger partial charge in [-0.2, -0.15) is 17.7 Å². The van der Waals surface area contributed by atoms with Crippen LogP contribution in [0.3, 0.4) is 0 Å². The van der Waals surface area contributed by atoms with Crippen LogP contribution in [0.15, 0.2) is 54.6 Å². The van der Waals surface area contributed by atoms with Gasteiger partial charge in [-0.05, 0) is 42.7 Å². The third-order valence-corrected chi connectivity index (χ3v) is 10.1. The van der Waals surface area contributed by atoms with Crippen LogP contribution in [0.2, 0.25) is 0 Å². The van der Waals surface area contributed by atoms with Gasteiger partial charge in [-0.25, -0.2) is 12.1 Å². The average molecular weight is 410 g/mol. The summed E-state index contributed by atoms with van der Waals surface area (Å²) < 4.78 is 0. The molecule has 0 aliphatic heterocycles. The molecule has 2 aliphatic rings. The van der Waals surface area contributed by atoms with E-state index in [1.807, 2.05) is 30.3 Å². The summed E-state index contributed by atoms with van der Waals surface area (Å²) in [7, 11) is 0.191. The summed E-state index contributed by atoms with van der Waals surface area (Å²) in [5, 5.41) is 0. The Labute approximate surface area is 173 Å². The van der Waals surface area contributed by atoms with Crippen molar-refractivity contribution in [2.75, 3.05) is 0 Å². The summed E-state index contributed by atoms with van der Waals surface area (Å²) >= 11 is 0. The molecule has 26 heavy (non-hydrogen) atoms. The predicted octanol–water partition coefficient (Wildman–Crippen LogP) is 8.02. The van der Waals surface area contributed by atoms with Crippen molar-refractivity contribution in [3.05, 3.63) is 60.2 Å². The first kappa shape index (κ1) is 21.9. The molecule has 2 fully saturated rings. The fraction of sp³-hybridized carbons (Fsp3) is 0.583. The predicted molar refractivity (Wildman–Crippen MR) is 113 cm³/mol. The fourth-order valence-electron chi connectivity index (χ4n) is 4.85. The van der Waals surface area contributed by atoms with Gasteiger partial charge in [-0.1, -0.05) is 45.4 Å². The average Bonchev–Trinajstić information content (AvgIpc) is 3.40. The largest absolute Gasteiger partial charge is 0.748 e. The minimum Gasteiger partial charge on any atom is -0.748 e. The second kappa shape index (κ2) is 12.2. The van der Waals surface area contributed by atoms with Crippen molar-refractivity contribution in [3.63, 3.8) is 0 Å². The molecule has 2 saturated carbocycles. The normalized spacial score (nSPS) is 20.1. The Balaban J connectivity index is 0.000000351. The molecule has 1 unspecified atom stereocenters. The van der Waals surface area contributed by atoms with Gasteiger partial charge in [0.25, 0.3) is 0 Å². The van der Waals surface area contributed by atoms with E-state index in [1.165, 1.54) is 64.2 Å². The van der Waals surface area contributed by atoms with E-state index in [-0.39, 0.29) is 25.0 Å². The number of hydrogen-bond acceptors (Lipinski definition) is 0. The van der Waals surface area contributed by atoms with E-state index in [4.69, 9.17) is 0 Å². The van der Waals surface area contributed by atoms with E-state index < -0.39 is 0 Å². The molecular weight excluding hydrogens is 375 g/mol. The molecule has 1 atom stereocenters. The van der Waals surface area contributed by atoms with Gasteiger partial charge >= 0.3 is 0 Å². The second-order valence-corrected chi connectivity index (χ2v) is 11.0. The monoisotopic (exact) mass is 410 g/mol. The maximum absolute atomic E-state index is 2.55. The smallest absolute Gasteiger partial charge is 0 e. The summed E-state index contributed by atoms with van der Waals surface area (Å²) in [4.78, 5) is 0. The van der Waals surface area contributed by atoms with Gasteiger partial charge in [0.15, 0.2) is 0 Å². The maximum Gasteiger partial charge on any atom is 0 e. The Morgan fingerprint density at radius 2 is 1.12 bits per heavy atom. The van der Waals surface area contributed by atoms with Gasteiger partial charge in [0.1, 0.15) is 0 Å². The molecule has 2 aliphatic carbocycles. The van der Waals surface area contributed by atoms with Gasteiger partial charge in [0.05, 0.1) is 0 Å². The van der Waals surface area contributed by atoms with Crippen LogP contribution in [0, 0.1) is 0 Å². The molecule has 0 N–H and O–H groups in total. The minimum absolute atomic E-state index is 0. The Bertz CT molecular complexity index is 498. The van der Waals surface area contributed by atoms with E-state index >= 15 is 0 Å². The second-order valence-electron chi connectivity index (χ2n) is 7.89. The minimum atomic E-state index is 0. The molecule has 0 nitrogen and oxygen atoms in total. The zero-order valence-electron chi connectivity index (χ0n) is 16.3. The van der Waals surface area contributed by atoms with Gasteiger partial charge in [0, 0.05) is 17.1 Å². The van der Waals surface area contributed by atoms with Crippen molar-refractivity contribution in [3.8, 4) is 0 Å². The Kier molecular flexibility index (Phi) is 10.3.